The summed E-state index contributed by atoms with van der Waals surface area (Å²) in [7, 11) is 0. The molecule has 16 heterocycles. The molecule has 11 amide bonds. The van der Waals surface area contributed by atoms with Crippen LogP contribution in [0.1, 0.15) is 291 Å². The average molecular weight is 1860 g/mol. The Hall–Kier alpha value is -4.99. The zero-order chi connectivity index (χ0) is 94.7. The molecular formula is C102H190N20O10. The fourth-order valence-electron chi connectivity index (χ4n) is 22.8. The van der Waals surface area contributed by atoms with Crippen molar-refractivity contribution in [2.24, 2.45) is 29.1 Å². The first kappa shape index (κ1) is 107. The predicted octanol–water partition coefficient (Wildman–Crippen LogP) is 10.6. The molecule has 30 heteroatoms. The highest BCUT2D eigenvalue weighted by atomic mass is 16.5. The van der Waals surface area contributed by atoms with Crippen LogP contribution in [0.3, 0.4) is 0 Å². The van der Waals surface area contributed by atoms with Crippen molar-refractivity contribution < 1.29 is 47.8 Å². The number of likely N-dealkylation sites (tertiary alicyclic amines) is 9. The number of nitrogens with zero attached hydrogens (tertiary/aromatic N) is 11. The SMILES string of the molecule is CC(C)(C)N1CCC(NC(=O)N2C3CCC2CC3)CC1.CC(C)(C)N1CCC(NC(=O)N2CC3COCC3C2)CC1.CC(C)N1CCC(NC(=O)C2CCCCN2)CC1.CC(C)N1CCC(NC(=O)C2CCCNC2)CC1.CC(C)N1CCC(NC(=O)C2CCOCC2)CC1.CC(C)N1CCC(NC(=O)N2CCC3(CC3)C2)CC1.CC(C)N1CCC(NC(=O)N2CCOCC2)CC1. The van der Waals surface area contributed by atoms with Gasteiger partial charge in [-0.1, -0.05) is 6.42 Å². The Morgan fingerprint density at radius 2 is 0.682 bits per heavy atom. The second-order valence-corrected chi connectivity index (χ2v) is 45.7. The number of piperidine rings is 9. The van der Waals surface area contributed by atoms with E-state index in [-0.39, 0.29) is 70.8 Å². The van der Waals surface area contributed by atoms with Gasteiger partial charge in [-0.15, -0.1) is 0 Å². The van der Waals surface area contributed by atoms with Crippen molar-refractivity contribution in [3.63, 3.8) is 0 Å². The highest BCUT2D eigenvalue weighted by molar-refractivity contribution is 5.82. The maximum absolute atomic E-state index is 12.5. The summed E-state index contributed by atoms with van der Waals surface area (Å²) in [6, 6.07) is 7.49. The van der Waals surface area contributed by atoms with Crippen LogP contribution in [0.15, 0.2) is 0 Å². The first-order chi connectivity index (χ1) is 63.1. The van der Waals surface area contributed by atoms with Gasteiger partial charge in [0.05, 0.1) is 38.4 Å². The van der Waals surface area contributed by atoms with Crippen molar-refractivity contribution in [1.82, 2.24) is 102 Å². The summed E-state index contributed by atoms with van der Waals surface area (Å²) in [5.41, 5.74) is 1.03. The molecule has 1 spiro atoms. The van der Waals surface area contributed by atoms with Crippen LogP contribution in [0.5, 0.6) is 0 Å². The third-order valence-electron chi connectivity index (χ3n) is 32.6. The van der Waals surface area contributed by atoms with E-state index in [0.717, 1.165) is 299 Å². The first-order valence-corrected chi connectivity index (χ1v) is 53.7. The molecule has 1 saturated carbocycles. The molecular weight excluding hydrogens is 1670 g/mol. The van der Waals surface area contributed by atoms with E-state index in [1.54, 1.807) is 0 Å². The van der Waals surface area contributed by atoms with E-state index < -0.39 is 0 Å². The van der Waals surface area contributed by atoms with Crippen molar-refractivity contribution >= 4 is 41.8 Å². The minimum absolute atomic E-state index is 0.0573. The summed E-state index contributed by atoms with van der Waals surface area (Å²) in [4.78, 5) is 111. The molecule has 0 radical (unpaired) electrons. The Labute approximate surface area is 798 Å². The summed E-state index contributed by atoms with van der Waals surface area (Å²) in [5.74, 6) is 2.25. The Balaban J connectivity index is 0.000000149. The lowest BCUT2D eigenvalue weighted by Gasteiger charge is -2.41. The number of rotatable bonds is 15. The molecule has 4 unspecified atom stereocenters. The topological polar surface area (TPSA) is 291 Å². The molecule has 17 fully saturated rings. The standard InChI is InChI=1S/C16H29N3O2.C16H29N3O.C15H27N3O.2C14H27N3O.C14H26N2O2.C13H25N3O2/c1-16(2,3)19-6-4-14(5-7-19)17-15(20)18-8-12-10-21-11-13(12)9-18;1-16(2,3)18-10-8-12(9-11-18)17-15(20)19-13-4-5-14(19)7-6-13;1-12(2)17-8-3-13(4-9-17)16-14(19)18-10-7-15(11-18)5-6-15;1-11(2)17-8-5-13(6-9-17)16-14(18)12-4-3-7-15-10-12;1-11(2)17-9-6-12(7-10-17)16-14(18)13-5-3-4-8-15-13;1-11(2)16-7-3-13(4-8-16)15-14(17)12-5-9-18-10-6-12;1-11(2)15-5-3-12(4-6-15)14-13(17)16-7-9-18-10-8-16/h12-14H,4-11H2,1-3H3,(H,17,20);12-14H,4-11H2,1-3H3,(H,17,20);12-13H,3-11H2,1-2H3,(H,16,19);2*11-13,15H,3-10H2,1-2H3,(H,16,18);11-13H,3-10H2,1-2H3,(H,15,17);11-12H,3-10H2,1-2H3,(H,14,17). The summed E-state index contributed by atoms with van der Waals surface area (Å²) in [6.45, 7) is 64.0. The van der Waals surface area contributed by atoms with Gasteiger partial charge in [0.2, 0.25) is 17.7 Å². The number of hydrogen-bond acceptors (Lipinski definition) is 19. The number of nitrogens with one attached hydrogen (secondary N) is 9. The summed E-state index contributed by atoms with van der Waals surface area (Å²) < 4.78 is 16.0. The summed E-state index contributed by atoms with van der Waals surface area (Å²) in [6.07, 6.45) is 31.3. The van der Waals surface area contributed by atoms with E-state index in [1.165, 1.54) is 57.8 Å². The van der Waals surface area contributed by atoms with E-state index in [4.69, 9.17) is 14.2 Å². The van der Waals surface area contributed by atoms with Crippen LogP contribution in [0.25, 0.3) is 0 Å². The number of hydrogen-bond donors (Lipinski definition) is 9. The molecule has 2 bridgehead atoms. The molecule has 758 valence electrons. The number of ether oxygens (including phenoxy) is 3. The van der Waals surface area contributed by atoms with E-state index in [9.17, 15) is 33.6 Å². The van der Waals surface area contributed by atoms with Crippen molar-refractivity contribution in [3.05, 3.63) is 0 Å². The number of urea groups is 4. The quantitative estimate of drug-likeness (QED) is 0.0736. The number of amides is 11. The predicted molar refractivity (Wildman–Crippen MR) is 528 cm³/mol. The Kier molecular flexibility index (Phi) is 43.0. The molecule has 17 aliphatic rings. The fourth-order valence-corrected chi connectivity index (χ4v) is 22.8. The third kappa shape index (κ3) is 34.2. The van der Waals surface area contributed by atoms with Gasteiger partial charge in [-0.2, -0.15) is 0 Å². The van der Waals surface area contributed by atoms with Crippen LogP contribution >= 0.6 is 0 Å². The van der Waals surface area contributed by atoms with Crippen LogP contribution in [0.2, 0.25) is 0 Å². The molecule has 30 nitrogen and oxygen atoms in total. The van der Waals surface area contributed by atoms with E-state index >= 15 is 0 Å². The highest BCUT2D eigenvalue weighted by Gasteiger charge is 2.50. The maximum Gasteiger partial charge on any atom is 0.318 e. The molecule has 9 N–H and O–H groups in total. The minimum atomic E-state index is 0.0573. The van der Waals surface area contributed by atoms with Crippen LogP contribution in [-0.2, 0) is 28.6 Å². The number of morpholine rings is 1. The molecule has 0 aromatic heterocycles. The zero-order valence-electron chi connectivity index (χ0n) is 85.8. The zero-order valence-corrected chi connectivity index (χ0v) is 85.8. The van der Waals surface area contributed by atoms with E-state index in [0.29, 0.717) is 115 Å². The lowest BCUT2D eigenvalue weighted by molar-refractivity contribution is -0.129. The second kappa shape index (κ2) is 52.9. The van der Waals surface area contributed by atoms with Gasteiger partial charge in [-0.3, -0.25) is 24.2 Å². The summed E-state index contributed by atoms with van der Waals surface area (Å²) in [5, 5.41) is 29.2. The van der Waals surface area contributed by atoms with Gasteiger partial charge in [0.15, 0.2) is 0 Å². The van der Waals surface area contributed by atoms with Crippen molar-refractivity contribution in [3.8, 4) is 0 Å². The largest absolute Gasteiger partial charge is 0.381 e. The van der Waals surface area contributed by atoms with Gasteiger partial charge < -0.3 is 106 Å². The van der Waals surface area contributed by atoms with E-state index in [2.05, 4.69) is 198 Å². The van der Waals surface area contributed by atoms with Crippen LogP contribution in [0, 0.1) is 29.1 Å². The third-order valence-corrected chi connectivity index (χ3v) is 32.6. The minimum Gasteiger partial charge on any atom is -0.381 e. The molecule has 16 aliphatic heterocycles. The van der Waals surface area contributed by atoms with Gasteiger partial charge in [-0.25, -0.2) is 19.2 Å². The highest BCUT2D eigenvalue weighted by Crippen LogP contribution is 2.52. The molecule has 16 saturated heterocycles. The summed E-state index contributed by atoms with van der Waals surface area (Å²) >= 11 is 0. The van der Waals surface area contributed by atoms with Crippen molar-refractivity contribution in [1.29, 1.82) is 0 Å². The molecule has 0 aromatic carbocycles. The second-order valence-electron chi connectivity index (χ2n) is 45.7. The monoisotopic (exact) mass is 1860 g/mol. The van der Waals surface area contributed by atoms with Crippen LogP contribution in [-0.4, -0.2) is 388 Å². The van der Waals surface area contributed by atoms with Crippen LogP contribution in [0.4, 0.5) is 19.2 Å². The molecule has 4 atom stereocenters. The molecule has 0 aromatic rings. The van der Waals surface area contributed by atoms with Gasteiger partial charge in [0.1, 0.15) is 0 Å². The lowest BCUT2D eigenvalue weighted by Crippen LogP contribution is -2.53. The lowest BCUT2D eigenvalue weighted by atomic mass is 9.97. The van der Waals surface area contributed by atoms with Gasteiger partial charge in [0, 0.05) is 264 Å². The van der Waals surface area contributed by atoms with Crippen LogP contribution < -0.4 is 47.9 Å². The van der Waals surface area contributed by atoms with Crippen molar-refractivity contribution in [2.45, 2.75) is 392 Å². The van der Waals surface area contributed by atoms with Gasteiger partial charge in [0.25, 0.3) is 0 Å². The molecule has 17 rings (SSSR count). The number of carbonyl (C=O) groups is 7. The fraction of sp³-hybridized carbons (Fsp3) is 0.931. The molecule has 1 aliphatic carbocycles. The number of carbonyl (C=O) groups excluding carboxylic acids is 7. The average Bonchev–Trinajstić information content (AvgIpc) is 1.61. The van der Waals surface area contributed by atoms with Gasteiger partial charge in [-0.05, 0) is 303 Å². The van der Waals surface area contributed by atoms with Gasteiger partial charge >= 0.3 is 24.1 Å². The molecule has 132 heavy (non-hydrogen) atoms. The Morgan fingerprint density at radius 3 is 1.04 bits per heavy atom. The first-order valence-electron chi connectivity index (χ1n) is 53.7. The van der Waals surface area contributed by atoms with Crippen molar-refractivity contribution in [2.75, 3.05) is 190 Å². The Bertz CT molecular complexity index is 3140. The van der Waals surface area contributed by atoms with E-state index in [1.807, 2.05) is 14.7 Å². The smallest absolute Gasteiger partial charge is 0.318 e. The normalized spacial score (nSPS) is 27.7. The number of fused-ring (bicyclic) bond motifs is 3. The Morgan fingerprint density at radius 1 is 0.326 bits per heavy atom. The maximum atomic E-state index is 12.5.